The van der Waals surface area contributed by atoms with Gasteiger partial charge in [-0.3, -0.25) is 5.21 Å². The maximum atomic E-state index is 9.88. The van der Waals surface area contributed by atoms with Crippen molar-refractivity contribution in [3.63, 3.8) is 0 Å². The molecule has 0 saturated carbocycles. The third-order valence-corrected chi connectivity index (χ3v) is 2.49. The van der Waals surface area contributed by atoms with E-state index in [9.17, 15) is 5.21 Å². The first-order valence-corrected chi connectivity index (χ1v) is 5.58. The van der Waals surface area contributed by atoms with Crippen molar-refractivity contribution in [2.45, 2.75) is 0 Å². The average Bonchev–Trinajstić information content (AvgIpc) is 2.40. The van der Waals surface area contributed by atoms with Gasteiger partial charge in [0.25, 0.3) is 0 Å². The zero-order valence-electron chi connectivity index (χ0n) is 9.08. The largest absolute Gasteiger partial charge is 0.331 e. The standard InChI is InChI=1S/C13H12N2OS/c16-15(12-9-5-2-6-10-12)13(17)14-11-7-3-1-4-8-11/h1-10,16H,(H,14,17). The van der Waals surface area contributed by atoms with Crippen molar-refractivity contribution in [3.05, 3.63) is 60.7 Å². The molecular formula is C13H12N2OS. The minimum Gasteiger partial charge on any atom is -0.331 e. The Kier molecular flexibility index (Phi) is 3.69. The second kappa shape index (κ2) is 5.43. The molecule has 0 saturated heterocycles. The summed E-state index contributed by atoms with van der Waals surface area (Å²) >= 11 is 5.11. The van der Waals surface area contributed by atoms with Crippen molar-refractivity contribution in [1.82, 2.24) is 0 Å². The molecule has 2 aromatic rings. The van der Waals surface area contributed by atoms with Gasteiger partial charge < -0.3 is 5.32 Å². The highest BCUT2D eigenvalue weighted by atomic mass is 32.1. The molecule has 0 bridgehead atoms. The molecule has 0 aliphatic carbocycles. The van der Waals surface area contributed by atoms with Crippen molar-refractivity contribution in [2.24, 2.45) is 0 Å². The molecule has 0 unspecified atom stereocenters. The van der Waals surface area contributed by atoms with E-state index in [4.69, 9.17) is 12.2 Å². The van der Waals surface area contributed by atoms with Crippen LogP contribution in [0.5, 0.6) is 0 Å². The van der Waals surface area contributed by atoms with E-state index >= 15 is 0 Å². The Bertz CT molecular complexity index is 487. The molecule has 0 atom stereocenters. The van der Waals surface area contributed by atoms with Crippen molar-refractivity contribution >= 4 is 28.7 Å². The van der Waals surface area contributed by atoms with E-state index in [-0.39, 0.29) is 5.11 Å². The average molecular weight is 244 g/mol. The molecule has 0 fully saturated rings. The Balaban J connectivity index is 2.06. The molecule has 86 valence electrons. The Morgan fingerprint density at radius 1 is 0.941 bits per heavy atom. The Hall–Kier alpha value is -1.91. The molecular weight excluding hydrogens is 232 g/mol. The van der Waals surface area contributed by atoms with Gasteiger partial charge in [0.1, 0.15) is 0 Å². The van der Waals surface area contributed by atoms with Crippen LogP contribution in [0.15, 0.2) is 60.7 Å². The summed E-state index contributed by atoms with van der Waals surface area (Å²) in [5.74, 6) is 0. The van der Waals surface area contributed by atoms with Crippen molar-refractivity contribution in [3.8, 4) is 0 Å². The van der Waals surface area contributed by atoms with Gasteiger partial charge in [0.2, 0.25) is 5.11 Å². The molecule has 0 aromatic heterocycles. The number of hydroxylamine groups is 1. The Morgan fingerprint density at radius 2 is 1.47 bits per heavy atom. The van der Waals surface area contributed by atoms with Crippen molar-refractivity contribution < 1.29 is 5.21 Å². The topological polar surface area (TPSA) is 35.5 Å². The first kappa shape index (κ1) is 11.6. The van der Waals surface area contributed by atoms with Crippen LogP contribution in [0.3, 0.4) is 0 Å². The summed E-state index contributed by atoms with van der Waals surface area (Å²) in [5, 5.41) is 14.0. The Morgan fingerprint density at radius 3 is 2.06 bits per heavy atom. The molecule has 17 heavy (non-hydrogen) atoms. The zero-order valence-corrected chi connectivity index (χ0v) is 9.89. The highest BCUT2D eigenvalue weighted by Gasteiger charge is 2.08. The second-order valence-corrected chi connectivity index (χ2v) is 3.83. The molecule has 2 N–H and O–H groups in total. The van der Waals surface area contributed by atoms with E-state index < -0.39 is 0 Å². The number of nitrogens with zero attached hydrogens (tertiary/aromatic N) is 1. The van der Waals surface area contributed by atoms with Crippen LogP contribution >= 0.6 is 12.2 Å². The van der Waals surface area contributed by atoms with E-state index in [1.165, 1.54) is 0 Å². The van der Waals surface area contributed by atoms with E-state index in [0.717, 1.165) is 10.8 Å². The van der Waals surface area contributed by atoms with Crippen LogP contribution in [0, 0.1) is 0 Å². The quantitative estimate of drug-likeness (QED) is 0.627. The van der Waals surface area contributed by atoms with Crippen LogP contribution in [-0.2, 0) is 0 Å². The van der Waals surface area contributed by atoms with Crippen LogP contribution < -0.4 is 10.4 Å². The number of nitrogens with one attached hydrogen (secondary N) is 1. The molecule has 2 aromatic carbocycles. The van der Waals surface area contributed by atoms with Crippen molar-refractivity contribution in [2.75, 3.05) is 10.4 Å². The number of hydrogen-bond acceptors (Lipinski definition) is 2. The van der Waals surface area contributed by atoms with E-state index in [0.29, 0.717) is 5.69 Å². The smallest absolute Gasteiger partial charge is 0.202 e. The normalized spacial score (nSPS) is 9.71. The van der Waals surface area contributed by atoms with Gasteiger partial charge in [0, 0.05) is 5.69 Å². The van der Waals surface area contributed by atoms with Gasteiger partial charge in [-0.2, -0.15) is 5.06 Å². The monoisotopic (exact) mass is 244 g/mol. The maximum Gasteiger partial charge on any atom is 0.202 e. The molecule has 3 nitrogen and oxygen atoms in total. The fourth-order valence-corrected chi connectivity index (χ4v) is 1.61. The fourth-order valence-electron chi connectivity index (χ4n) is 1.38. The summed E-state index contributed by atoms with van der Waals surface area (Å²) in [4.78, 5) is 0. The number of rotatable bonds is 2. The van der Waals surface area contributed by atoms with E-state index in [1.54, 1.807) is 12.1 Å². The van der Waals surface area contributed by atoms with E-state index in [2.05, 4.69) is 5.32 Å². The van der Waals surface area contributed by atoms with Gasteiger partial charge in [-0.25, -0.2) is 0 Å². The minimum atomic E-state index is 0.238. The predicted octanol–water partition coefficient (Wildman–Crippen LogP) is 3.28. The minimum absolute atomic E-state index is 0.238. The lowest BCUT2D eigenvalue weighted by Crippen LogP contribution is -2.31. The van der Waals surface area contributed by atoms with Crippen LogP contribution in [0.4, 0.5) is 11.4 Å². The molecule has 0 amide bonds. The van der Waals surface area contributed by atoms with Gasteiger partial charge in [-0.15, -0.1) is 0 Å². The summed E-state index contributed by atoms with van der Waals surface area (Å²) in [6.45, 7) is 0. The van der Waals surface area contributed by atoms with Crippen LogP contribution in [0.1, 0.15) is 0 Å². The highest BCUT2D eigenvalue weighted by molar-refractivity contribution is 7.80. The van der Waals surface area contributed by atoms with Gasteiger partial charge in [-0.05, 0) is 36.5 Å². The number of hydrogen-bond donors (Lipinski definition) is 2. The highest BCUT2D eigenvalue weighted by Crippen LogP contribution is 2.13. The maximum absolute atomic E-state index is 9.88. The van der Waals surface area contributed by atoms with Crippen LogP contribution in [0.25, 0.3) is 0 Å². The first-order chi connectivity index (χ1) is 8.27. The number of thiocarbonyl (C=S) groups is 1. The number of para-hydroxylation sites is 2. The van der Waals surface area contributed by atoms with Gasteiger partial charge in [0.15, 0.2) is 0 Å². The molecule has 0 spiro atoms. The number of anilines is 2. The molecule has 0 radical (unpaired) electrons. The van der Waals surface area contributed by atoms with Crippen molar-refractivity contribution in [1.29, 1.82) is 0 Å². The SMILES string of the molecule is ON(C(=S)Nc1ccccc1)c1ccccc1. The molecule has 2 rings (SSSR count). The fraction of sp³-hybridized carbons (Fsp3) is 0. The zero-order chi connectivity index (χ0) is 12.1. The lowest BCUT2D eigenvalue weighted by molar-refractivity contribution is 0.314. The van der Waals surface area contributed by atoms with Gasteiger partial charge >= 0.3 is 0 Å². The van der Waals surface area contributed by atoms with Crippen LogP contribution in [0.2, 0.25) is 0 Å². The third-order valence-electron chi connectivity index (χ3n) is 2.22. The molecule has 0 heterocycles. The molecule has 0 aliphatic rings. The van der Waals surface area contributed by atoms with Gasteiger partial charge in [0.05, 0.1) is 5.69 Å². The molecule has 0 aliphatic heterocycles. The summed E-state index contributed by atoms with van der Waals surface area (Å²) in [7, 11) is 0. The third kappa shape index (κ3) is 3.03. The van der Waals surface area contributed by atoms with E-state index in [1.807, 2.05) is 48.5 Å². The Labute approximate surface area is 105 Å². The van der Waals surface area contributed by atoms with Crippen LogP contribution in [-0.4, -0.2) is 10.3 Å². The second-order valence-electron chi connectivity index (χ2n) is 3.44. The molecule has 4 heteroatoms. The summed E-state index contributed by atoms with van der Waals surface area (Å²) in [6.07, 6.45) is 0. The first-order valence-electron chi connectivity index (χ1n) is 5.17. The lowest BCUT2D eigenvalue weighted by atomic mass is 10.3. The lowest BCUT2D eigenvalue weighted by Gasteiger charge is -2.18. The van der Waals surface area contributed by atoms with Gasteiger partial charge in [-0.1, -0.05) is 36.4 Å². The summed E-state index contributed by atoms with van der Waals surface area (Å²) in [5.41, 5.74) is 1.47. The summed E-state index contributed by atoms with van der Waals surface area (Å²) in [6, 6.07) is 18.6. The predicted molar refractivity (Wildman–Crippen MR) is 73.4 cm³/mol. The number of benzene rings is 2. The summed E-state index contributed by atoms with van der Waals surface area (Å²) < 4.78 is 0.